The van der Waals surface area contributed by atoms with Crippen molar-refractivity contribution in [1.82, 2.24) is 24.4 Å². The summed E-state index contributed by atoms with van der Waals surface area (Å²) in [7, 11) is 2.16. The average molecular weight is 547 g/mol. The number of carbonyl (C=O) groups excluding carboxylic acids is 1. The Kier molecular flexibility index (Phi) is 7.76. The summed E-state index contributed by atoms with van der Waals surface area (Å²) >= 11 is 0. The lowest BCUT2D eigenvalue weighted by Gasteiger charge is -2.34. The van der Waals surface area contributed by atoms with Gasteiger partial charge in [-0.25, -0.2) is 0 Å². The molecule has 0 atom stereocenters. The zero-order valence-corrected chi connectivity index (χ0v) is 23.9. The van der Waals surface area contributed by atoms with Gasteiger partial charge in [-0.3, -0.25) is 14.1 Å². The fourth-order valence-corrected chi connectivity index (χ4v) is 4.96. The number of anilines is 2. The van der Waals surface area contributed by atoms with Crippen LogP contribution < -0.4 is 11.1 Å². The summed E-state index contributed by atoms with van der Waals surface area (Å²) in [6.45, 7) is 11.6. The molecule has 1 fully saturated rings. The normalized spacial score (nSPS) is 14.3. The summed E-state index contributed by atoms with van der Waals surface area (Å²) in [6.07, 6.45) is 1.71. The molecule has 4 aromatic rings. The van der Waals surface area contributed by atoms with E-state index >= 15 is 0 Å². The molecule has 9 heteroatoms. The largest absolute Gasteiger partial charge is 0.398 e. The molecule has 0 spiro atoms. The molecule has 208 valence electrons. The number of likely N-dealkylation sites (N-methyl/N-ethyl adjacent to an activating group) is 1. The Bertz CT molecular complexity index is 1710. The van der Waals surface area contributed by atoms with Gasteiger partial charge >= 0.3 is 0 Å². The fourth-order valence-electron chi connectivity index (χ4n) is 4.96. The number of fused-ring (bicyclic) bond motifs is 1. The van der Waals surface area contributed by atoms with Gasteiger partial charge in [0.1, 0.15) is 0 Å². The monoisotopic (exact) mass is 546 g/mol. The first-order valence-corrected chi connectivity index (χ1v) is 13.6. The number of nitrogens with one attached hydrogen (secondary N) is 1. The van der Waals surface area contributed by atoms with E-state index in [-0.39, 0.29) is 11.3 Å². The Morgan fingerprint density at radius 2 is 1.76 bits per heavy atom. The zero-order chi connectivity index (χ0) is 29.1. The van der Waals surface area contributed by atoms with Crippen LogP contribution in [0.25, 0.3) is 5.65 Å². The maximum Gasteiger partial charge on any atom is 0.255 e. The minimum Gasteiger partial charge on any atom is -0.398 e. The topological polar surface area (TPSA) is 116 Å². The number of pyridine rings is 1. The van der Waals surface area contributed by atoms with Gasteiger partial charge in [-0.05, 0) is 72.0 Å². The van der Waals surface area contributed by atoms with Crippen molar-refractivity contribution >= 4 is 22.9 Å². The van der Waals surface area contributed by atoms with E-state index in [4.69, 9.17) is 5.73 Å². The molecule has 1 aliphatic rings. The second-order valence-corrected chi connectivity index (χ2v) is 11.5. The Balaban J connectivity index is 1.38. The molecule has 0 aliphatic carbocycles. The maximum absolute atomic E-state index is 13.4. The molecule has 0 bridgehead atoms. The third-order valence-electron chi connectivity index (χ3n) is 7.23. The molecule has 2 aromatic carbocycles. The van der Waals surface area contributed by atoms with E-state index in [0.717, 1.165) is 38.3 Å². The summed E-state index contributed by atoms with van der Waals surface area (Å²) in [5.74, 6) is 6.22. The van der Waals surface area contributed by atoms with E-state index in [0.29, 0.717) is 39.5 Å². The van der Waals surface area contributed by atoms with Crippen LogP contribution in [0.1, 0.15) is 59.2 Å². The predicted molar refractivity (Wildman–Crippen MR) is 160 cm³/mol. The van der Waals surface area contributed by atoms with Gasteiger partial charge in [-0.2, -0.15) is 5.26 Å². The lowest BCUT2D eigenvalue weighted by Crippen LogP contribution is -2.44. The van der Waals surface area contributed by atoms with Crippen LogP contribution in [0, 0.1) is 23.2 Å². The predicted octanol–water partition coefficient (Wildman–Crippen LogP) is 3.88. The molecule has 3 heterocycles. The number of nitrogens with zero attached hydrogens (tertiary/aromatic N) is 6. The summed E-state index contributed by atoms with van der Waals surface area (Å²) < 4.78 is 1.71. The van der Waals surface area contributed by atoms with E-state index in [9.17, 15) is 10.1 Å². The first kappa shape index (κ1) is 27.9. The van der Waals surface area contributed by atoms with Gasteiger partial charge in [0.15, 0.2) is 5.65 Å². The number of hydrogen-bond acceptors (Lipinski definition) is 7. The zero-order valence-electron chi connectivity index (χ0n) is 23.9. The highest BCUT2D eigenvalue weighted by Crippen LogP contribution is 2.29. The molecule has 9 nitrogen and oxygen atoms in total. The lowest BCUT2D eigenvalue weighted by atomic mass is 9.82. The van der Waals surface area contributed by atoms with Crippen LogP contribution in [-0.2, 0) is 12.0 Å². The molecule has 2 aromatic heterocycles. The number of aromatic nitrogens is 3. The van der Waals surface area contributed by atoms with Crippen LogP contribution in [-0.4, -0.2) is 63.5 Å². The van der Waals surface area contributed by atoms with Crippen LogP contribution >= 0.6 is 0 Å². The fraction of sp³-hybridized carbons (Fsp3) is 0.312. The van der Waals surface area contributed by atoms with Crippen molar-refractivity contribution < 1.29 is 4.79 Å². The molecular weight excluding hydrogens is 512 g/mol. The van der Waals surface area contributed by atoms with Crippen LogP contribution in [0.4, 0.5) is 11.4 Å². The van der Waals surface area contributed by atoms with Crippen LogP contribution in [0.2, 0.25) is 0 Å². The number of nitrogen functional groups attached to an aromatic ring is 1. The quantitative estimate of drug-likeness (QED) is 0.373. The van der Waals surface area contributed by atoms with E-state index in [2.05, 4.69) is 77.1 Å². The molecule has 0 saturated carbocycles. The number of hydrogen-bond donors (Lipinski definition) is 2. The van der Waals surface area contributed by atoms with Crippen molar-refractivity contribution in [3.8, 4) is 17.9 Å². The number of nitriles is 1. The van der Waals surface area contributed by atoms with Gasteiger partial charge in [0.25, 0.3) is 5.91 Å². The van der Waals surface area contributed by atoms with Crippen LogP contribution in [0.15, 0.2) is 54.7 Å². The van der Waals surface area contributed by atoms with Crippen molar-refractivity contribution in [2.24, 2.45) is 0 Å². The molecule has 3 N–H and O–H groups in total. The second-order valence-electron chi connectivity index (χ2n) is 11.5. The molecule has 1 saturated heterocycles. The van der Waals surface area contributed by atoms with E-state index < -0.39 is 0 Å². The van der Waals surface area contributed by atoms with Gasteiger partial charge in [-0.1, -0.05) is 32.8 Å². The van der Waals surface area contributed by atoms with Gasteiger partial charge in [0.2, 0.25) is 5.82 Å². The SMILES string of the molecule is CN1CCN(Cc2ccc(C(=O)Nc3cc(C#N)cc(C#Cc4nnc5ccc(N)cn45)c3)cc2C(C)(C)C)CC1. The lowest BCUT2D eigenvalue weighted by molar-refractivity contribution is 0.102. The summed E-state index contributed by atoms with van der Waals surface area (Å²) in [5, 5.41) is 20.8. The van der Waals surface area contributed by atoms with Crippen molar-refractivity contribution in [2.45, 2.75) is 32.7 Å². The Morgan fingerprint density at radius 1 is 1.00 bits per heavy atom. The third-order valence-corrected chi connectivity index (χ3v) is 7.23. The highest BCUT2D eigenvalue weighted by molar-refractivity contribution is 6.04. The highest BCUT2D eigenvalue weighted by atomic mass is 16.1. The Labute approximate surface area is 240 Å². The Morgan fingerprint density at radius 3 is 2.49 bits per heavy atom. The number of benzene rings is 2. The van der Waals surface area contributed by atoms with E-state index in [1.54, 1.807) is 40.9 Å². The smallest absolute Gasteiger partial charge is 0.255 e. The highest BCUT2D eigenvalue weighted by Gasteiger charge is 2.23. The minimum absolute atomic E-state index is 0.127. The van der Waals surface area contributed by atoms with Gasteiger partial charge < -0.3 is 16.0 Å². The summed E-state index contributed by atoms with van der Waals surface area (Å²) in [6, 6.07) is 16.7. The number of nitrogens with two attached hydrogens (primary N) is 1. The minimum atomic E-state index is -0.241. The van der Waals surface area contributed by atoms with Gasteiger partial charge in [0.05, 0.1) is 11.6 Å². The molecule has 1 aliphatic heterocycles. The first-order valence-electron chi connectivity index (χ1n) is 13.6. The van der Waals surface area contributed by atoms with Gasteiger partial charge in [-0.15, -0.1) is 10.2 Å². The number of rotatable bonds is 4. The van der Waals surface area contributed by atoms with Crippen molar-refractivity contribution in [1.29, 1.82) is 5.26 Å². The van der Waals surface area contributed by atoms with Crippen molar-refractivity contribution in [3.63, 3.8) is 0 Å². The van der Waals surface area contributed by atoms with E-state index in [1.807, 2.05) is 12.1 Å². The Hall–Kier alpha value is -4.70. The molecule has 0 radical (unpaired) electrons. The molecule has 41 heavy (non-hydrogen) atoms. The van der Waals surface area contributed by atoms with Crippen LogP contribution in [0.5, 0.6) is 0 Å². The van der Waals surface area contributed by atoms with Crippen molar-refractivity contribution in [2.75, 3.05) is 44.3 Å². The summed E-state index contributed by atoms with van der Waals surface area (Å²) in [5.41, 5.74) is 11.4. The third kappa shape index (κ3) is 6.55. The molecular formula is C32H34N8O. The molecule has 5 rings (SSSR count). The maximum atomic E-state index is 13.4. The second kappa shape index (κ2) is 11.4. The van der Waals surface area contributed by atoms with Crippen LogP contribution in [0.3, 0.4) is 0 Å². The average Bonchev–Trinajstić information content (AvgIpc) is 3.34. The van der Waals surface area contributed by atoms with Crippen molar-refractivity contribution in [3.05, 3.63) is 88.4 Å². The van der Waals surface area contributed by atoms with Gasteiger partial charge in [0, 0.05) is 61.4 Å². The number of piperazine rings is 1. The molecule has 1 amide bonds. The first-order chi connectivity index (χ1) is 19.6. The standard InChI is InChI=1S/C32H34N8O/c1-32(2,3)28-18-24(6-7-25(28)20-39-13-11-38(4)12-14-39)31(41)35-27-16-22(15-23(17-27)19-33)5-9-29-36-37-30-10-8-26(34)21-40(29)30/h6-8,10,15-18,21H,11-14,20,34H2,1-4H3,(H,35,41). The number of amides is 1. The summed E-state index contributed by atoms with van der Waals surface area (Å²) in [4.78, 5) is 18.2. The molecule has 0 unspecified atom stereocenters. The van der Waals surface area contributed by atoms with E-state index in [1.165, 1.54) is 5.56 Å². The number of carbonyl (C=O) groups is 1.